The van der Waals surface area contributed by atoms with Gasteiger partial charge in [-0.1, -0.05) is 37.4 Å². The Morgan fingerprint density at radius 2 is 1.87 bits per heavy atom. The zero-order valence-electron chi connectivity index (χ0n) is 8.63. The maximum atomic E-state index is 9.94. The number of rotatable bonds is 4. The first kappa shape index (κ1) is 12.9. The third-order valence-corrected chi connectivity index (χ3v) is 3.03. The number of halogens is 2. The van der Waals surface area contributed by atoms with Crippen LogP contribution in [0.25, 0.3) is 0 Å². The number of hydrogen-bond donors (Lipinski definition) is 1. The Balaban J connectivity index is 2.72. The van der Waals surface area contributed by atoms with Crippen molar-refractivity contribution in [2.75, 3.05) is 0 Å². The lowest BCUT2D eigenvalue weighted by Gasteiger charge is -2.11. The highest BCUT2D eigenvalue weighted by atomic mass is 79.9. The van der Waals surface area contributed by atoms with E-state index in [4.69, 9.17) is 0 Å². The summed E-state index contributed by atoms with van der Waals surface area (Å²) in [6.45, 7) is 5.80. The van der Waals surface area contributed by atoms with Gasteiger partial charge in [-0.25, -0.2) is 0 Å². The predicted octanol–water partition coefficient (Wildman–Crippen LogP) is 4.60. The SMILES string of the molecule is C=C(C)CCC(O)c1cc(Br)cc(Br)c1. The number of benzene rings is 1. The summed E-state index contributed by atoms with van der Waals surface area (Å²) in [5.41, 5.74) is 2.03. The van der Waals surface area contributed by atoms with Crippen LogP contribution in [0.2, 0.25) is 0 Å². The van der Waals surface area contributed by atoms with Gasteiger partial charge >= 0.3 is 0 Å². The van der Waals surface area contributed by atoms with Crippen LogP contribution < -0.4 is 0 Å². The molecule has 1 N–H and O–H groups in total. The third kappa shape index (κ3) is 4.49. The van der Waals surface area contributed by atoms with E-state index in [1.807, 2.05) is 25.1 Å². The molecular formula is C12H14Br2O. The van der Waals surface area contributed by atoms with Gasteiger partial charge in [-0.05, 0) is 43.5 Å². The fraction of sp³-hybridized carbons (Fsp3) is 0.333. The van der Waals surface area contributed by atoms with Crippen LogP contribution >= 0.6 is 31.9 Å². The summed E-state index contributed by atoms with van der Waals surface area (Å²) < 4.78 is 1.95. The van der Waals surface area contributed by atoms with E-state index in [2.05, 4.69) is 38.4 Å². The summed E-state index contributed by atoms with van der Waals surface area (Å²) in [6.07, 6.45) is 1.15. The largest absolute Gasteiger partial charge is 0.388 e. The Hall–Kier alpha value is -0.120. The Morgan fingerprint density at radius 1 is 1.33 bits per heavy atom. The molecule has 0 amide bonds. The van der Waals surface area contributed by atoms with Crippen molar-refractivity contribution in [3.8, 4) is 0 Å². The molecule has 0 fully saturated rings. The number of hydrogen-bond acceptors (Lipinski definition) is 1. The van der Waals surface area contributed by atoms with Gasteiger partial charge < -0.3 is 5.11 Å². The van der Waals surface area contributed by atoms with Gasteiger partial charge in [0.2, 0.25) is 0 Å². The molecule has 0 aliphatic heterocycles. The maximum absolute atomic E-state index is 9.94. The van der Waals surface area contributed by atoms with Crippen LogP contribution in [0, 0.1) is 0 Å². The van der Waals surface area contributed by atoms with Gasteiger partial charge in [0.05, 0.1) is 6.10 Å². The molecule has 0 radical (unpaired) electrons. The third-order valence-electron chi connectivity index (χ3n) is 2.11. The average Bonchev–Trinajstić information content (AvgIpc) is 2.12. The van der Waals surface area contributed by atoms with Gasteiger partial charge in [0.15, 0.2) is 0 Å². The molecule has 1 atom stereocenters. The lowest BCUT2D eigenvalue weighted by Crippen LogP contribution is -1.97. The predicted molar refractivity (Wildman–Crippen MR) is 70.8 cm³/mol. The molecular weight excluding hydrogens is 320 g/mol. The minimum atomic E-state index is -0.421. The average molecular weight is 334 g/mol. The summed E-state index contributed by atoms with van der Waals surface area (Å²) >= 11 is 6.81. The Labute approximate surface area is 107 Å². The molecule has 1 unspecified atom stereocenters. The number of aliphatic hydroxyl groups is 1. The van der Waals surface area contributed by atoms with Gasteiger partial charge in [0.25, 0.3) is 0 Å². The smallest absolute Gasteiger partial charge is 0.0793 e. The van der Waals surface area contributed by atoms with Crippen molar-refractivity contribution >= 4 is 31.9 Å². The highest BCUT2D eigenvalue weighted by Crippen LogP contribution is 2.27. The van der Waals surface area contributed by atoms with Crippen LogP contribution in [-0.2, 0) is 0 Å². The molecule has 0 saturated carbocycles. The van der Waals surface area contributed by atoms with E-state index >= 15 is 0 Å². The van der Waals surface area contributed by atoms with E-state index in [0.29, 0.717) is 0 Å². The molecule has 3 heteroatoms. The molecule has 1 rings (SSSR count). The second-order valence-electron chi connectivity index (χ2n) is 3.71. The molecule has 82 valence electrons. The minimum Gasteiger partial charge on any atom is -0.388 e. The van der Waals surface area contributed by atoms with Gasteiger partial charge in [0, 0.05) is 8.95 Å². The molecule has 0 bridgehead atoms. The molecule has 0 aliphatic carbocycles. The van der Waals surface area contributed by atoms with Gasteiger partial charge in [-0.2, -0.15) is 0 Å². The van der Waals surface area contributed by atoms with Crippen molar-refractivity contribution in [3.63, 3.8) is 0 Å². The van der Waals surface area contributed by atoms with Crippen molar-refractivity contribution in [2.45, 2.75) is 25.9 Å². The van der Waals surface area contributed by atoms with E-state index in [1.165, 1.54) is 0 Å². The molecule has 15 heavy (non-hydrogen) atoms. The van der Waals surface area contributed by atoms with Crippen molar-refractivity contribution in [2.24, 2.45) is 0 Å². The summed E-state index contributed by atoms with van der Waals surface area (Å²) in [6, 6.07) is 5.83. The second-order valence-corrected chi connectivity index (χ2v) is 5.55. The Kier molecular flexibility index (Phi) is 5.03. The number of allylic oxidation sites excluding steroid dienone is 1. The molecule has 0 heterocycles. The topological polar surface area (TPSA) is 20.2 Å². The summed E-state index contributed by atoms with van der Waals surface area (Å²) in [4.78, 5) is 0. The van der Waals surface area contributed by atoms with Crippen molar-refractivity contribution in [1.82, 2.24) is 0 Å². The van der Waals surface area contributed by atoms with E-state index < -0.39 is 6.10 Å². The first-order valence-corrected chi connectivity index (χ1v) is 6.36. The lowest BCUT2D eigenvalue weighted by molar-refractivity contribution is 0.167. The Morgan fingerprint density at radius 3 is 2.33 bits per heavy atom. The maximum Gasteiger partial charge on any atom is 0.0793 e. The van der Waals surface area contributed by atoms with Crippen molar-refractivity contribution < 1.29 is 5.11 Å². The first-order chi connectivity index (χ1) is 6.99. The first-order valence-electron chi connectivity index (χ1n) is 4.77. The fourth-order valence-corrected chi connectivity index (χ4v) is 2.65. The molecule has 0 aromatic heterocycles. The lowest BCUT2D eigenvalue weighted by atomic mass is 10.0. The Bertz CT molecular complexity index is 340. The van der Waals surface area contributed by atoms with E-state index in [-0.39, 0.29) is 0 Å². The molecule has 0 aliphatic rings. The number of aliphatic hydroxyl groups excluding tert-OH is 1. The van der Waals surface area contributed by atoms with Crippen molar-refractivity contribution in [3.05, 3.63) is 44.9 Å². The summed E-state index contributed by atoms with van der Waals surface area (Å²) in [5, 5.41) is 9.94. The fourth-order valence-electron chi connectivity index (χ4n) is 1.32. The van der Waals surface area contributed by atoms with Gasteiger partial charge in [-0.3, -0.25) is 0 Å². The summed E-state index contributed by atoms with van der Waals surface area (Å²) in [5.74, 6) is 0. The minimum absolute atomic E-state index is 0.421. The zero-order valence-corrected chi connectivity index (χ0v) is 11.8. The van der Waals surface area contributed by atoms with Gasteiger partial charge in [-0.15, -0.1) is 6.58 Å². The quantitative estimate of drug-likeness (QED) is 0.798. The van der Waals surface area contributed by atoms with Crippen molar-refractivity contribution in [1.29, 1.82) is 0 Å². The molecule has 1 aromatic rings. The van der Waals surface area contributed by atoms with Crippen LogP contribution in [0.4, 0.5) is 0 Å². The normalized spacial score (nSPS) is 12.5. The monoisotopic (exact) mass is 332 g/mol. The molecule has 0 saturated heterocycles. The van der Waals surface area contributed by atoms with Crippen LogP contribution in [0.1, 0.15) is 31.4 Å². The summed E-state index contributed by atoms with van der Waals surface area (Å²) in [7, 11) is 0. The second kappa shape index (κ2) is 5.83. The standard InChI is InChI=1S/C12H14Br2O/c1-8(2)3-4-12(15)9-5-10(13)7-11(14)6-9/h5-7,12,15H,1,3-4H2,2H3. The van der Waals surface area contributed by atoms with Crippen LogP contribution in [0.15, 0.2) is 39.3 Å². The van der Waals surface area contributed by atoms with E-state index in [0.717, 1.165) is 32.9 Å². The van der Waals surface area contributed by atoms with E-state index in [9.17, 15) is 5.11 Å². The van der Waals surface area contributed by atoms with E-state index in [1.54, 1.807) is 0 Å². The zero-order chi connectivity index (χ0) is 11.4. The molecule has 1 nitrogen and oxygen atoms in total. The molecule has 0 spiro atoms. The highest BCUT2D eigenvalue weighted by molar-refractivity contribution is 9.11. The van der Waals surface area contributed by atoms with Crippen LogP contribution in [0.5, 0.6) is 0 Å². The van der Waals surface area contributed by atoms with Crippen LogP contribution in [0.3, 0.4) is 0 Å². The van der Waals surface area contributed by atoms with Gasteiger partial charge in [0.1, 0.15) is 0 Å². The molecule has 1 aromatic carbocycles. The van der Waals surface area contributed by atoms with Crippen LogP contribution in [-0.4, -0.2) is 5.11 Å². The highest BCUT2D eigenvalue weighted by Gasteiger charge is 2.08.